The number of likely N-dealkylation sites (N-methyl/N-ethyl adjacent to an activating group) is 1. The number of benzene rings is 1. The highest BCUT2D eigenvalue weighted by Gasteiger charge is 2.16. The van der Waals surface area contributed by atoms with E-state index < -0.39 is 0 Å². The predicted molar refractivity (Wildman–Crippen MR) is 78.0 cm³/mol. The van der Waals surface area contributed by atoms with E-state index in [1.807, 2.05) is 0 Å². The minimum absolute atomic E-state index is 0.653. The van der Waals surface area contributed by atoms with Crippen LogP contribution in [0, 0.1) is 0 Å². The minimum Gasteiger partial charge on any atom is -0.313 e. The zero-order chi connectivity index (χ0) is 12.8. The van der Waals surface area contributed by atoms with E-state index in [4.69, 9.17) is 0 Å². The number of hydrogen-bond acceptors (Lipinski definition) is 2. The molecule has 2 atom stereocenters. The van der Waals surface area contributed by atoms with E-state index in [1.165, 1.54) is 37.9 Å². The summed E-state index contributed by atoms with van der Waals surface area (Å²) in [5.74, 6) is 0.653. The van der Waals surface area contributed by atoms with Gasteiger partial charge in [-0.1, -0.05) is 37.3 Å². The van der Waals surface area contributed by atoms with E-state index >= 15 is 0 Å². The summed E-state index contributed by atoms with van der Waals surface area (Å²) >= 11 is 0. The van der Waals surface area contributed by atoms with Gasteiger partial charge in [-0.25, -0.2) is 0 Å². The summed E-state index contributed by atoms with van der Waals surface area (Å²) in [6, 6.07) is 11.5. The van der Waals surface area contributed by atoms with Crippen molar-refractivity contribution in [1.29, 1.82) is 0 Å². The van der Waals surface area contributed by atoms with Crippen LogP contribution in [0.3, 0.4) is 0 Å². The fraction of sp³-hybridized carbons (Fsp3) is 0.625. The fourth-order valence-corrected chi connectivity index (χ4v) is 2.79. The Kier molecular flexibility index (Phi) is 5.21. The molecule has 1 heterocycles. The molecule has 1 saturated heterocycles. The van der Waals surface area contributed by atoms with E-state index in [2.05, 4.69) is 54.5 Å². The van der Waals surface area contributed by atoms with Crippen LogP contribution in [0.15, 0.2) is 30.3 Å². The van der Waals surface area contributed by atoms with E-state index in [1.54, 1.807) is 0 Å². The molecule has 1 aromatic rings. The van der Waals surface area contributed by atoms with Crippen LogP contribution >= 0.6 is 0 Å². The Morgan fingerprint density at radius 1 is 1.33 bits per heavy atom. The SMILES string of the molecule is CC(CCNC1CCCN(C)C1)c1ccccc1. The van der Waals surface area contributed by atoms with Gasteiger partial charge in [-0.2, -0.15) is 0 Å². The smallest absolute Gasteiger partial charge is 0.0195 e. The highest BCUT2D eigenvalue weighted by Crippen LogP contribution is 2.18. The monoisotopic (exact) mass is 246 g/mol. The van der Waals surface area contributed by atoms with Crippen molar-refractivity contribution < 1.29 is 0 Å². The van der Waals surface area contributed by atoms with Crippen molar-refractivity contribution in [1.82, 2.24) is 10.2 Å². The Labute approximate surface area is 111 Å². The van der Waals surface area contributed by atoms with Gasteiger partial charge in [0.2, 0.25) is 0 Å². The van der Waals surface area contributed by atoms with Gasteiger partial charge in [-0.05, 0) is 50.9 Å². The first kappa shape index (κ1) is 13.6. The third-order valence-corrected chi connectivity index (χ3v) is 4.00. The lowest BCUT2D eigenvalue weighted by atomic mass is 9.97. The maximum absolute atomic E-state index is 3.71. The molecule has 1 N–H and O–H groups in total. The quantitative estimate of drug-likeness (QED) is 0.859. The largest absolute Gasteiger partial charge is 0.313 e. The normalized spacial score (nSPS) is 22.9. The zero-order valence-electron chi connectivity index (χ0n) is 11.7. The molecule has 0 radical (unpaired) electrons. The average molecular weight is 246 g/mol. The van der Waals surface area contributed by atoms with E-state index in [-0.39, 0.29) is 0 Å². The summed E-state index contributed by atoms with van der Waals surface area (Å²) in [6.07, 6.45) is 3.90. The lowest BCUT2D eigenvalue weighted by Crippen LogP contribution is -2.44. The molecule has 1 aromatic carbocycles. The van der Waals surface area contributed by atoms with Crippen LogP contribution in [-0.4, -0.2) is 37.6 Å². The van der Waals surface area contributed by atoms with Crippen molar-refractivity contribution >= 4 is 0 Å². The highest BCUT2D eigenvalue weighted by atomic mass is 15.1. The number of likely N-dealkylation sites (tertiary alicyclic amines) is 1. The molecule has 2 nitrogen and oxygen atoms in total. The molecular formula is C16H26N2. The van der Waals surface area contributed by atoms with Crippen molar-refractivity contribution in [2.75, 3.05) is 26.7 Å². The molecule has 0 aromatic heterocycles. The molecule has 0 saturated carbocycles. The van der Waals surface area contributed by atoms with Gasteiger partial charge in [0.05, 0.1) is 0 Å². The van der Waals surface area contributed by atoms with Gasteiger partial charge in [-0.3, -0.25) is 0 Å². The molecule has 0 aliphatic carbocycles. The van der Waals surface area contributed by atoms with Gasteiger partial charge < -0.3 is 10.2 Å². The topological polar surface area (TPSA) is 15.3 Å². The molecule has 2 unspecified atom stereocenters. The summed E-state index contributed by atoms with van der Waals surface area (Å²) in [4.78, 5) is 2.43. The Balaban J connectivity index is 1.69. The van der Waals surface area contributed by atoms with Gasteiger partial charge in [0, 0.05) is 12.6 Å². The molecule has 2 heteroatoms. The molecule has 0 bridgehead atoms. The van der Waals surface area contributed by atoms with Crippen LogP contribution in [0.4, 0.5) is 0 Å². The van der Waals surface area contributed by atoms with E-state index in [0.717, 1.165) is 6.54 Å². The lowest BCUT2D eigenvalue weighted by Gasteiger charge is -2.30. The molecular weight excluding hydrogens is 220 g/mol. The molecule has 1 fully saturated rings. The van der Waals surface area contributed by atoms with Crippen LogP contribution in [0.1, 0.15) is 37.7 Å². The number of nitrogens with one attached hydrogen (secondary N) is 1. The molecule has 1 aliphatic heterocycles. The van der Waals surface area contributed by atoms with Crippen molar-refractivity contribution in [3.05, 3.63) is 35.9 Å². The van der Waals surface area contributed by atoms with Gasteiger partial charge in [-0.15, -0.1) is 0 Å². The lowest BCUT2D eigenvalue weighted by molar-refractivity contribution is 0.226. The summed E-state index contributed by atoms with van der Waals surface area (Å²) < 4.78 is 0. The Morgan fingerprint density at radius 3 is 2.83 bits per heavy atom. The Morgan fingerprint density at radius 2 is 2.11 bits per heavy atom. The van der Waals surface area contributed by atoms with Crippen LogP contribution in [0.2, 0.25) is 0 Å². The molecule has 1 aliphatic rings. The summed E-state index contributed by atoms with van der Waals surface area (Å²) in [5, 5.41) is 3.71. The summed E-state index contributed by atoms with van der Waals surface area (Å²) in [6.45, 7) is 5.93. The van der Waals surface area contributed by atoms with Crippen molar-refractivity contribution in [3.63, 3.8) is 0 Å². The van der Waals surface area contributed by atoms with Crippen molar-refractivity contribution in [2.45, 2.75) is 38.1 Å². The van der Waals surface area contributed by atoms with Crippen molar-refractivity contribution in [3.8, 4) is 0 Å². The standard InChI is InChI=1S/C16H26N2/c1-14(15-7-4-3-5-8-15)10-11-17-16-9-6-12-18(2)13-16/h3-5,7-8,14,16-17H,6,9-13H2,1-2H3. The first-order valence-electron chi connectivity index (χ1n) is 7.22. The number of piperidine rings is 1. The first-order chi connectivity index (χ1) is 8.75. The molecule has 100 valence electrons. The molecule has 0 spiro atoms. The van der Waals surface area contributed by atoms with Crippen molar-refractivity contribution in [2.24, 2.45) is 0 Å². The van der Waals surface area contributed by atoms with E-state index in [0.29, 0.717) is 12.0 Å². The molecule has 18 heavy (non-hydrogen) atoms. The first-order valence-corrected chi connectivity index (χ1v) is 7.22. The van der Waals surface area contributed by atoms with Gasteiger partial charge in [0.15, 0.2) is 0 Å². The zero-order valence-corrected chi connectivity index (χ0v) is 11.7. The second-order valence-corrected chi connectivity index (χ2v) is 5.66. The Bertz CT molecular complexity index is 336. The third-order valence-electron chi connectivity index (χ3n) is 4.00. The number of nitrogens with zero attached hydrogens (tertiary/aromatic N) is 1. The van der Waals surface area contributed by atoms with Gasteiger partial charge in [0.25, 0.3) is 0 Å². The molecule has 0 amide bonds. The van der Waals surface area contributed by atoms with Crippen LogP contribution in [-0.2, 0) is 0 Å². The summed E-state index contributed by atoms with van der Waals surface area (Å²) in [5.41, 5.74) is 1.46. The van der Waals surface area contributed by atoms with Crippen LogP contribution in [0.25, 0.3) is 0 Å². The highest BCUT2D eigenvalue weighted by molar-refractivity contribution is 5.18. The maximum atomic E-state index is 3.71. The van der Waals surface area contributed by atoms with Gasteiger partial charge >= 0.3 is 0 Å². The Hall–Kier alpha value is -0.860. The summed E-state index contributed by atoms with van der Waals surface area (Å²) in [7, 11) is 2.22. The third kappa shape index (κ3) is 4.11. The fourth-order valence-electron chi connectivity index (χ4n) is 2.79. The van der Waals surface area contributed by atoms with Crippen LogP contribution < -0.4 is 5.32 Å². The second-order valence-electron chi connectivity index (χ2n) is 5.66. The number of hydrogen-bond donors (Lipinski definition) is 1. The predicted octanol–water partition coefficient (Wildman–Crippen LogP) is 2.86. The maximum Gasteiger partial charge on any atom is 0.0195 e. The number of rotatable bonds is 5. The minimum atomic E-state index is 0.653. The van der Waals surface area contributed by atoms with Gasteiger partial charge in [0.1, 0.15) is 0 Å². The molecule has 2 rings (SSSR count). The van der Waals surface area contributed by atoms with Crippen LogP contribution in [0.5, 0.6) is 0 Å². The average Bonchev–Trinajstić information content (AvgIpc) is 2.40. The second kappa shape index (κ2) is 6.91. The van der Waals surface area contributed by atoms with E-state index in [9.17, 15) is 0 Å².